The van der Waals surface area contributed by atoms with Crippen molar-refractivity contribution in [2.45, 2.75) is 53.6 Å². The van der Waals surface area contributed by atoms with E-state index >= 15 is 0 Å². The highest BCUT2D eigenvalue weighted by molar-refractivity contribution is 6.09. The van der Waals surface area contributed by atoms with Gasteiger partial charge in [0.1, 0.15) is 23.2 Å². The number of hydrogen-bond donors (Lipinski definition) is 6. The summed E-state index contributed by atoms with van der Waals surface area (Å²) in [7, 11) is 0. The number of nitrogen functional groups attached to an aromatic ring is 1. The Hall–Kier alpha value is -4.32. The Kier molecular flexibility index (Phi) is 7.68. The van der Waals surface area contributed by atoms with E-state index in [-0.39, 0.29) is 29.2 Å². The van der Waals surface area contributed by atoms with Crippen LogP contribution in [0.25, 0.3) is 11.0 Å². The lowest BCUT2D eigenvalue weighted by Gasteiger charge is -2.36. The fraction of sp³-hybridized carbons (Fsp3) is 0.407. The molecule has 4 rings (SSSR count). The average molecular weight is 532 g/mol. The lowest BCUT2D eigenvalue weighted by molar-refractivity contribution is 0.0977. The summed E-state index contributed by atoms with van der Waals surface area (Å²) >= 11 is 0. The number of carbonyl (C=O) groups excluding carboxylic acids is 1. The first-order valence-corrected chi connectivity index (χ1v) is 12.9. The van der Waals surface area contributed by atoms with E-state index in [4.69, 9.17) is 21.9 Å². The van der Waals surface area contributed by atoms with Gasteiger partial charge in [0.15, 0.2) is 11.6 Å². The third kappa shape index (κ3) is 6.40. The summed E-state index contributed by atoms with van der Waals surface area (Å²) in [4.78, 5) is 33.1. The predicted octanol–water partition coefficient (Wildman–Crippen LogP) is 2.84. The quantitative estimate of drug-likeness (QED) is 0.211. The summed E-state index contributed by atoms with van der Waals surface area (Å²) in [5.74, 6) is 0.722. The zero-order chi connectivity index (χ0) is 28.5. The summed E-state index contributed by atoms with van der Waals surface area (Å²) in [5, 5.41) is 17.5. The van der Waals surface area contributed by atoms with Crippen molar-refractivity contribution in [2.24, 2.45) is 11.1 Å². The molecule has 0 saturated carbocycles. The Morgan fingerprint density at radius 2 is 1.85 bits per heavy atom. The molecule has 1 saturated heterocycles. The first-order chi connectivity index (χ1) is 18.3. The Balaban J connectivity index is 1.62. The van der Waals surface area contributed by atoms with E-state index in [1.807, 2.05) is 33.8 Å². The van der Waals surface area contributed by atoms with E-state index in [1.54, 1.807) is 12.1 Å². The van der Waals surface area contributed by atoms with Gasteiger partial charge in [-0.25, -0.2) is 15.0 Å². The zero-order valence-electron chi connectivity index (χ0n) is 23.3. The van der Waals surface area contributed by atoms with Crippen LogP contribution in [-0.4, -0.2) is 56.9 Å². The van der Waals surface area contributed by atoms with Gasteiger partial charge >= 0.3 is 0 Å². The number of aryl methyl sites for hydroxylation is 1. The first kappa shape index (κ1) is 27.7. The van der Waals surface area contributed by atoms with Crippen LogP contribution in [0.3, 0.4) is 0 Å². The Morgan fingerprint density at radius 1 is 1.15 bits per heavy atom. The van der Waals surface area contributed by atoms with Crippen molar-refractivity contribution in [1.29, 1.82) is 5.41 Å². The minimum absolute atomic E-state index is 0.0828. The van der Waals surface area contributed by atoms with Crippen LogP contribution in [0, 0.1) is 17.7 Å². The SMILES string of the molecule is Cc1ccc(C(=O)NC(=N)C=C(N)C(C)(C)C)cc1Nc1ncnc2c(N)nc(N3C[C@@H](C)N[C@@H](C)C3)nc12. The fourth-order valence-electron chi connectivity index (χ4n) is 4.31. The molecule has 1 amide bonds. The van der Waals surface area contributed by atoms with Gasteiger partial charge in [0.05, 0.1) is 0 Å². The molecule has 2 aromatic heterocycles. The third-order valence-electron chi connectivity index (χ3n) is 6.50. The smallest absolute Gasteiger partial charge is 0.256 e. The number of hydrogen-bond acceptors (Lipinski definition) is 11. The zero-order valence-corrected chi connectivity index (χ0v) is 23.3. The molecule has 12 heteroatoms. The highest BCUT2D eigenvalue weighted by atomic mass is 16.1. The number of nitrogens with zero attached hydrogens (tertiary/aromatic N) is 5. The molecule has 206 valence electrons. The topological polar surface area (TPSA) is 184 Å². The summed E-state index contributed by atoms with van der Waals surface area (Å²) in [6.45, 7) is 13.5. The van der Waals surface area contributed by atoms with Crippen molar-refractivity contribution in [3.63, 3.8) is 0 Å². The van der Waals surface area contributed by atoms with Crippen molar-refractivity contribution in [3.05, 3.63) is 47.4 Å². The molecule has 0 aliphatic carbocycles. The number of nitrogens with two attached hydrogens (primary N) is 2. The number of benzene rings is 1. The Bertz CT molecular complexity index is 1430. The maximum atomic E-state index is 12.9. The van der Waals surface area contributed by atoms with Crippen LogP contribution < -0.4 is 32.3 Å². The molecule has 1 fully saturated rings. The molecule has 2 atom stereocenters. The summed E-state index contributed by atoms with van der Waals surface area (Å²) in [6.07, 6.45) is 2.86. The standard InChI is InChI=1S/C27H37N11O/c1-14-7-8-17(25(39)35-20(29)10-19(28)27(4,5)6)9-18(14)34-24-22-21(31-13-32-24)23(30)37-26(36-22)38-11-15(2)33-16(3)12-38/h7-10,13,15-16,33H,11-12,28H2,1-6H3,(H2,29,35,39)(H2,30,36,37)(H,31,32,34)/t15-,16+. The summed E-state index contributed by atoms with van der Waals surface area (Å²) in [6, 6.07) is 5.77. The van der Waals surface area contributed by atoms with Crippen LogP contribution in [0.5, 0.6) is 0 Å². The molecule has 1 aromatic carbocycles. The lowest BCUT2D eigenvalue weighted by atomic mass is 9.92. The molecular formula is C27H37N11O. The molecule has 3 heterocycles. The van der Waals surface area contributed by atoms with E-state index in [9.17, 15) is 4.79 Å². The number of nitrogens with one attached hydrogen (secondary N) is 4. The van der Waals surface area contributed by atoms with Gasteiger partial charge in [0.2, 0.25) is 5.95 Å². The molecule has 39 heavy (non-hydrogen) atoms. The van der Waals surface area contributed by atoms with Gasteiger partial charge in [-0.2, -0.15) is 4.98 Å². The van der Waals surface area contributed by atoms with Crippen LogP contribution in [0.4, 0.5) is 23.3 Å². The maximum absolute atomic E-state index is 12.9. The second-order valence-electron chi connectivity index (χ2n) is 11.1. The number of carbonyl (C=O) groups is 1. The number of fused-ring (bicyclic) bond motifs is 1. The highest BCUT2D eigenvalue weighted by Crippen LogP contribution is 2.28. The average Bonchev–Trinajstić information content (AvgIpc) is 2.84. The number of allylic oxidation sites excluding steroid dienone is 1. The summed E-state index contributed by atoms with van der Waals surface area (Å²) < 4.78 is 0. The highest BCUT2D eigenvalue weighted by Gasteiger charge is 2.24. The van der Waals surface area contributed by atoms with Crippen LogP contribution in [0.15, 0.2) is 36.3 Å². The minimum atomic E-state index is -0.427. The van der Waals surface area contributed by atoms with Gasteiger partial charge in [-0.3, -0.25) is 10.2 Å². The Labute approximate surface area is 228 Å². The maximum Gasteiger partial charge on any atom is 0.256 e. The van der Waals surface area contributed by atoms with Crippen LogP contribution in [0.2, 0.25) is 0 Å². The molecule has 1 aliphatic rings. The number of aromatic nitrogens is 4. The minimum Gasteiger partial charge on any atom is -0.401 e. The molecule has 3 aromatic rings. The fourth-order valence-corrected chi connectivity index (χ4v) is 4.31. The van der Waals surface area contributed by atoms with Crippen molar-refractivity contribution >= 4 is 46.0 Å². The van der Waals surface area contributed by atoms with Crippen LogP contribution >= 0.6 is 0 Å². The van der Waals surface area contributed by atoms with E-state index in [2.05, 4.69) is 49.6 Å². The van der Waals surface area contributed by atoms with Gasteiger partial charge < -0.3 is 32.3 Å². The van der Waals surface area contributed by atoms with Gasteiger partial charge in [-0.15, -0.1) is 0 Å². The molecule has 0 unspecified atom stereocenters. The van der Waals surface area contributed by atoms with E-state index in [1.165, 1.54) is 12.4 Å². The Morgan fingerprint density at radius 3 is 2.51 bits per heavy atom. The second-order valence-corrected chi connectivity index (χ2v) is 11.1. The number of piperazine rings is 1. The van der Waals surface area contributed by atoms with E-state index < -0.39 is 5.91 Å². The summed E-state index contributed by atoms with van der Waals surface area (Å²) in [5.41, 5.74) is 15.4. The van der Waals surface area contributed by atoms with E-state index in [0.717, 1.165) is 18.7 Å². The van der Waals surface area contributed by atoms with Crippen molar-refractivity contribution in [1.82, 2.24) is 30.6 Å². The van der Waals surface area contributed by atoms with Crippen molar-refractivity contribution < 1.29 is 4.79 Å². The monoisotopic (exact) mass is 531 g/mol. The molecule has 0 radical (unpaired) electrons. The van der Waals surface area contributed by atoms with Crippen LogP contribution in [-0.2, 0) is 0 Å². The second kappa shape index (κ2) is 10.8. The van der Waals surface area contributed by atoms with Crippen molar-refractivity contribution in [3.8, 4) is 0 Å². The molecular weight excluding hydrogens is 494 g/mol. The molecule has 0 spiro atoms. The van der Waals surface area contributed by atoms with Gasteiger partial charge in [-0.1, -0.05) is 26.8 Å². The normalized spacial score (nSPS) is 18.2. The number of amides is 1. The van der Waals surface area contributed by atoms with Crippen LogP contribution in [0.1, 0.15) is 50.5 Å². The van der Waals surface area contributed by atoms with Gasteiger partial charge in [0.25, 0.3) is 5.91 Å². The van der Waals surface area contributed by atoms with Gasteiger partial charge in [-0.05, 0) is 44.5 Å². The first-order valence-electron chi connectivity index (χ1n) is 12.9. The molecule has 12 nitrogen and oxygen atoms in total. The third-order valence-corrected chi connectivity index (χ3v) is 6.50. The van der Waals surface area contributed by atoms with Crippen molar-refractivity contribution in [2.75, 3.05) is 29.0 Å². The number of rotatable bonds is 5. The largest absolute Gasteiger partial charge is 0.401 e. The number of amidine groups is 1. The van der Waals surface area contributed by atoms with Gasteiger partial charge in [0, 0.05) is 47.5 Å². The number of anilines is 4. The molecule has 8 N–H and O–H groups in total. The lowest BCUT2D eigenvalue weighted by Crippen LogP contribution is -2.54. The molecule has 1 aliphatic heterocycles. The van der Waals surface area contributed by atoms with E-state index in [0.29, 0.717) is 39.7 Å². The molecule has 0 bridgehead atoms. The predicted molar refractivity (Wildman–Crippen MR) is 155 cm³/mol.